The van der Waals surface area contributed by atoms with Crippen LogP contribution in [0.2, 0.25) is 0 Å². The highest BCUT2D eigenvalue weighted by Gasteiger charge is 2.30. The van der Waals surface area contributed by atoms with E-state index < -0.39 is 0 Å². The van der Waals surface area contributed by atoms with Gasteiger partial charge >= 0.3 is 0 Å². The highest BCUT2D eigenvalue weighted by molar-refractivity contribution is 5.82. The average Bonchev–Trinajstić information content (AvgIpc) is 2.28. The van der Waals surface area contributed by atoms with E-state index in [1.807, 2.05) is 13.8 Å². The maximum absolute atomic E-state index is 12.0. The highest BCUT2D eigenvalue weighted by atomic mass is 16.2. The molecule has 1 amide bonds. The zero-order valence-corrected chi connectivity index (χ0v) is 11.7. The normalized spacial score (nSPS) is 27.2. The molecule has 100 valence electrons. The topological polar surface area (TPSA) is 55.1 Å². The molecule has 0 radical (unpaired) electrons. The summed E-state index contributed by atoms with van der Waals surface area (Å²) >= 11 is 0. The molecule has 0 aromatic heterocycles. The van der Waals surface area contributed by atoms with Crippen molar-refractivity contribution in [3.05, 3.63) is 0 Å². The molecular weight excluding hydrogens is 212 g/mol. The quantitative estimate of drug-likeness (QED) is 0.792. The summed E-state index contributed by atoms with van der Waals surface area (Å²) < 4.78 is 0. The molecule has 0 heterocycles. The van der Waals surface area contributed by atoms with E-state index in [-0.39, 0.29) is 17.9 Å². The number of hydrogen-bond donors (Lipinski definition) is 2. The zero-order valence-electron chi connectivity index (χ0n) is 11.7. The van der Waals surface area contributed by atoms with E-state index in [1.165, 1.54) is 19.3 Å². The van der Waals surface area contributed by atoms with Gasteiger partial charge in [-0.1, -0.05) is 40.5 Å². The third-order valence-corrected chi connectivity index (χ3v) is 4.02. The van der Waals surface area contributed by atoms with Gasteiger partial charge in [0, 0.05) is 6.04 Å². The Bertz CT molecular complexity index is 251. The van der Waals surface area contributed by atoms with Gasteiger partial charge < -0.3 is 11.1 Å². The number of nitrogens with two attached hydrogens (primary N) is 1. The van der Waals surface area contributed by atoms with Crippen molar-refractivity contribution < 1.29 is 4.79 Å². The molecule has 0 saturated heterocycles. The van der Waals surface area contributed by atoms with Crippen molar-refractivity contribution in [1.82, 2.24) is 5.32 Å². The van der Waals surface area contributed by atoms with E-state index >= 15 is 0 Å². The van der Waals surface area contributed by atoms with E-state index in [4.69, 9.17) is 5.73 Å². The lowest BCUT2D eigenvalue weighted by Gasteiger charge is -2.35. The van der Waals surface area contributed by atoms with Crippen LogP contribution >= 0.6 is 0 Å². The van der Waals surface area contributed by atoms with Crippen LogP contribution in [0.4, 0.5) is 0 Å². The summed E-state index contributed by atoms with van der Waals surface area (Å²) in [6.45, 7) is 8.48. The molecule has 1 aliphatic rings. The second-order valence-electron chi connectivity index (χ2n) is 6.08. The lowest BCUT2D eigenvalue weighted by atomic mass is 9.77. The predicted octanol–water partition coefficient (Wildman–Crippen LogP) is 2.30. The Balaban J connectivity index is 2.56. The largest absolute Gasteiger partial charge is 0.352 e. The van der Waals surface area contributed by atoms with E-state index in [9.17, 15) is 4.79 Å². The van der Waals surface area contributed by atoms with Crippen LogP contribution in [-0.4, -0.2) is 18.0 Å². The summed E-state index contributed by atoms with van der Waals surface area (Å²) in [5.41, 5.74) is 5.89. The summed E-state index contributed by atoms with van der Waals surface area (Å²) in [4.78, 5) is 12.0. The van der Waals surface area contributed by atoms with Crippen LogP contribution in [-0.2, 0) is 4.79 Å². The second-order valence-corrected chi connectivity index (χ2v) is 6.08. The van der Waals surface area contributed by atoms with Gasteiger partial charge in [-0.15, -0.1) is 0 Å². The van der Waals surface area contributed by atoms with Crippen molar-refractivity contribution >= 4 is 5.91 Å². The Morgan fingerprint density at radius 3 is 2.29 bits per heavy atom. The monoisotopic (exact) mass is 240 g/mol. The summed E-state index contributed by atoms with van der Waals surface area (Å²) in [7, 11) is 0. The minimum atomic E-state index is -0.371. The molecular formula is C14H28N2O. The number of hydrogen-bond acceptors (Lipinski definition) is 2. The predicted molar refractivity (Wildman–Crippen MR) is 71.5 cm³/mol. The highest BCUT2D eigenvalue weighted by Crippen LogP contribution is 2.30. The molecule has 0 spiro atoms. The first-order chi connectivity index (χ1) is 7.93. The SMILES string of the molecule is CC(C)C(N)C(=O)NC1CCCCC1C(C)C. The number of carbonyl (C=O) groups excluding carboxylic acids is 1. The summed E-state index contributed by atoms with van der Waals surface area (Å²) in [5, 5.41) is 3.17. The van der Waals surface area contributed by atoms with Gasteiger partial charge in [0.2, 0.25) is 5.91 Å². The van der Waals surface area contributed by atoms with Crippen molar-refractivity contribution in [2.75, 3.05) is 0 Å². The fourth-order valence-corrected chi connectivity index (χ4v) is 2.72. The standard InChI is InChI=1S/C14H28N2O/c1-9(2)11-7-5-6-8-12(11)16-14(17)13(15)10(3)4/h9-13H,5-8,15H2,1-4H3,(H,16,17). The van der Waals surface area contributed by atoms with Crippen molar-refractivity contribution in [3.8, 4) is 0 Å². The minimum Gasteiger partial charge on any atom is -0.352 e. The lowest BCUT2D eigenvalue weighted by Crippen LogP contribution is -2.51. The van der Waals surface area contributed by atoms with Gasteiger partial charge in [-0.25, -0.2) is 0 Å². The molecule has 17 heavy (non-hydrogen) atoms. The molecule has 0 aliphatic heterocycles. The van der Waals surface area contributed by atoms with Crippen LogP contribution in [0.5, 0.6) is 0 Å². The number of carbonyl (C=O) groups is 1. The minimum absolute atomic E-state index is 0.0255. The molecule has 1 saturated carbocycles. The number of rotatable bonds is 4. The van der Waals surface area contributed by atoms with Crippen LogP contribution < -0.4 is 11.1 Å². The fourth-order valence-electron chi connectivity index (χ4n) is 2.72. The first-order valence-electron chi connectivity index (χ1n) is 6.99. The molecule has 1 rings (SSSR count). The molecule has 0 aromatic carbocycles. The molecule has 1 fully saturated rings. The molecule has 0 aromatic rings. The second kappa shape index (κ2) is 6.39. The van der Waals surface area contributed by atoms with Gasteiger partial charge in [0.25, 0.3) is 0 Å². The zero-order chi connectivity index (χ0) is 13.0. The van der Waals surface area contributed by atoms with Crippen LogP contribution in [0.3, 0.4) is 0 Å². The first-order valence-corrected chi connectivity index (χ1v) is 6.99. The fraction of sp³-hybridized carbons (Fsp3) is 0.929. The molecule has 3 heteroatoms. The van der Waals surface area contributed by atoms with Crippen LogP contribution in [0.1, 0.15) is 53.4 Å². The molecule has 3 unspecified atom stereocenters. The first kappa shape index (κ1) is 14.5. The summed E-state index contributed by atoms with van der Waals surface area (Å²) in [6, 6.07) is -0.0363. The Labute approximate surface area is 106 Å². The van der Waals surface area contributed by atoms with E-state index in [0.717, 1.165) is 6.42 Å². The van der Waals surface area contributed by atoms with Crippen molar-refractivity contribution in [2.24, 2.45) is 23.5 Å². The van der Waals surface area contributed by atoms with Crippen molar-refractivity contribution in [2.45, 2.75) is 65.5 Å². The average molecular weight is 240 g/mol. The number of amides is 1. The van der Waals surface area contributed by atoms with Crippen LogP contribution in [0, 0.1) is 17.8 Å². The molecule has 3 N–H and O–H groups in total. The van der Waals surface area contributed by atoms with Gasteiger partial charge in [0.15, 0.2) is 0 Å². The van der Waals surface area contributed by atoms with Gasteiger partial charge in [-0.2, -0.15) is 0 Å². The van der Waals surface area contributed by atoms with E-state index in [1.54, 1.807) is 0 Å². The Hall–Kier alpha value is -0.570. The maximum Gasteiger partial charge on any atom is 0.237 e. The maximum atomic E-state index is 12.0. The molecule has 3 nitrogen and oxygen atoms in total. The number of nitrogens with one attached hydrogen (secondary N) is 1. The molecule has 1 aliphatic carbocycles. The summed E-state index contributed by atoms with van der Waals surface area (Å²) in [6.07, 6.45) is 4.87. The third-order valence-electron chi connectivity index (χ3n) is 4.02. The van der Waals surface area contributed by atoms with Gasteiger partial charge in [0.05, 0.1) is 6.04 Å². The molecule has 3 atom stereocenters. The Morgan fingerprint density at radius 2 is 1.76 bits per heavy atom. The molecule has 0 bridgehead atoms. The van der Waals surface area contributed by atoms with Crippen LogP contribution in [0.25, 0.3) is 0 Å². The summed E-state index contributed by atoms with van der Waals surface area (Å²) in [5.74, 6) is 1.48. The Kier molecular flexibility index (Phi) is 5.44. The Morgan fingerprint density at radius 1 is 1.18 bits per heavy atom. The van der Waals surface area contributed by atoms with Crippen molar-refractivity contribution in [3.63, 3.8) is 0 Å². The van der Waals surface area contributed by atoms with Crippen LogP contribution in [0.15, 0.2) is 0 Å². The van der Waals surface area contributed by atoms with Crippen molar-refractivity contribution in [1.29, 1.82) is 0 Å². The van der Waals surface area contributed by atoms with Gasteiger partial charge in [-0.05, 0) is 30.6 Å². The lowest BCUT2D eigenvalue weighted by molar-refractivity contribution is -0.124. The van der Waals surface area contributed by atoms with E-state index in [2.05, 4.69) is 19.2 Å². The smallest absolute Gasteiger partial charge is 0.237 e. The van der Waals surface area contributed by atoms with Gasteiger partial charge in [-0.3, -0.25) is 4.79 Å². The third kappa shape index (κ3) is 3.98. The van der Waals surface area contributed by atoms with E-state index in [0.29, 0.717) is 17.9 Å². The van der Waals surface area contributed by atoms with Gasteiger partial charge in [0.1, 0.15) is 0 Å².